The molecule has 0 unspecified atom stereocenters. The molecule has 1 atom stereocenters. The monoisotopic (exact) mass is 374 g/mol. The maximum Gasteiger partial charge on any atom is 0.573 e. The number of ether oxygens (including phenoxy) is 1. The Hall–Kier alpha value is -0.690. The number of rotatable bonds is 5. The Balaban J connectivity index is 0.00000242. The Morgan fingerprint density at radius 1 is 1.22 bits per heavy atom. The molecule has 1 N–H and O–H groups in total. The zero-order valence-corrected chi connectivity index (χ0v) is 14.6. The standard InChI is InChI=1S/C15H21F3N2O.2ClH/c1-2-4-14(20-9-7-19-8-10-20)12-5-3-6-13(11-12)21-15(16,17)18;;/h3,5-6,11,14,19H,2,4,7-10H2,1H3;2*1H/t14-;;/m1../s1. The summed E-state index contributed by atoms with van der Waals surface area (Å²) in [4.78, 5) is 2.33. The molecule has 1 saturated heterocycles. The molecular weight excluding hydrogens is 352 g/mol. The topological polar surface area (TPSA) is 24.5 Å². The Morgan fingerprint density at radius 3 is 2.43 bits per heavy atom. The smallest absolute Gasteiger partial charge is 0.406 e. The normalized spacial score (nSPS) is 16.9. The molecule has 1 fully saturated rings. The average Bonchev–Trinajstić information content (AvgIpc) is 2.44. The number of nitrogens with one attached hydrogen (secondary N) is 1. The van der Waals surface area contributed by atoms with Crippen LogP contribution in [0.25, 0.3) is 0 Å². The van der Waals surface area contributed by atoms with Gasteiger partial charge in [0.05, 0.1) is 0 Å². The van der Waals surface area contributed by atoms with Crippen LogP contribution in [0.5, 0.6) is 5.75 Å². The molecule has 0 bridgehead atoms. The van der Waals surface area contributed by atoms with Crippen molar-refractivity contribution < 1.29 is 17.9 Å². The lowest BCUT2D eigenvalue weighted by atomic mass is 9.99. The van der Waals surface area contributed by atoms with Crippen LogP contribution in [0.4, 0.5) is 13.2 Å². The summed E-state index contributed by atoms with van der Waals surface area (Å²) in [6.45, 7) is 5.74. The van der Waals surface area contributed by atoms with E-state index in [1.54, 1.807) is 6.07 Å². The fraction of sp³-hybridized carbons (Fsp3) is 0.600. The summed E-state index contributed by atoms with van der Waals surface area (Å²) >= 11 is 0. The number of piperazine rings is 1. The van der Waals surface area contributed by atoms with Gasteiger partial charge >= 0.3 is 6.36 Å². The molecule has 3 nitrogen and oxygen atoms in total. The van der Waals surface area contributed by atoms with Crippen molar-refractivity contribution >= 4 is 24.8 Å². The summed E-state index contributed by atoms with van der Waals surface area (Å²) < 4.78 is 41.0. The first-order chi connectivity index (χ1) is 9.99. The largest absolute Gasteiger partial charge is 0.573 e. The van der Waals surface area contributed by atoms with Crippen LogP contribution in [0.3, 0.4) is 0 Å². The van der Waals surface area contributed by atoms with Gasteiger partial charge in [-0.15, -0.1) is 38.0 Å². The zero-order valence-electron chi connectivity index (χ0n) is 12.9. The van der Waals surface area contributed by atoms with Gasteiger partial charge in [-0.2, -0.15) is 0 Å². The Kier molecular flexibility index (Phi) is 9.93. The number of benzene rings is 1. The number of halogens is 5. The first-order valence-electron chi connectivity index (χ1n) is 7.30. The van der Waals surface area contributed by atoms with Gasteiger partial charge < -0.3 is 10.1 Å². The van der Waals surface area contributed by atoms with E-state index in [-0.39, 0.29) is 36.6 Å². The first kappa shape index (κ1) is 22.3. The van der Waals surface area contributed by atoms with Gasteiger partial charge in [0.2, 0.25) is 0 Å². The molecule has 23 heavy (non-hydrogen) atoms. The minimum absolute atomic E-state index is 0. The number of hydrogen-bond donors (Lipinski definition) is 1. The molecule has 0 radical (unpaired) electrons. The van der Waals surface area contributed by atoms with Crippen molar-refractivity contribution in [3.05, 3.63) is 29.8 Å². The second kappa shape index (κ2) is 10.2. The SMILES string of the molecule is CCC[C@H](c1cccc(OC(F)(F)F)c1)N1CCNCC1.Cl.Cl. The maximum atomic E-state index is 12.3. The summed E-state index contributed by atoms with van der Waals surface area (Å²) in [5, 5.41) is 3.29. The van der Waals surface area contributed by atoms with Gasteiger partial charge in [0.25, 0.3) is 0 Å². The molecule has 0 aliphatic carbocycles. The van der Waals surface area contributed by atoms with Crippen LogP contribution in [0, 0.1) is 0 Å². The van der Waals surface area contributed by atoms with Crippen molar-refractivity contribution in [3.63, 3.8) is 0 Å². The maximum absolute atomic E-state index is 12.3. The molecule has 0 saturated carbocycles. The molecule has 0 aromatic heterocycles. The van der Waals surface area contributed by atoms with Crippen molar-refractivity contribution in [1.29, 1.82) is 0 Å². The van der Waals surface area contributed by atoms with Crippen LogP contribution < -0.4 is 10.1 Å². The van der Waals surface area contributed by atoms with Gasteiger partial charge in [-0.25, -0.2) is 0 Å². The van der Waals surface area contributed by atoms with E-state index in [0.717, 1.165) is 44.6 Å². The van der Waals surface area contributed by atoms with Gasteiger partial charge in [0.1, 0.15) is 5.75 Å². The summed E-state index contributed by atoms with van der Waals surface area (Å²) in [6, 6.07) is 6.51. The summed E-state index contributed by atoms with van der Waals surface area (Å²) in [5.41, 5.74) is 0.889. The predicted octanol–water partition coefficient (Wildman–Crippen LogP) is 4.18. The minimum Gasteiger partial charge on any atom is -0.406 e. The Bertz CT molecular complexity index is 455. The van der Waals surface area contributed by atoms with E-state index in [4.69, 9.17) is 0 Å². The molecule has 134 valence electrons. The van der Waals surface area contributed by atoms with E-state index in [9.17, 15) is 13.2 Å². The number of nitrogens with zero attached hydrogens (tertiary/aromatic N) is 1. The Labute approximate surface area is 147 Å². The third-order valence-electron chi connectivity index (χ3n) is 3.63. The first-order valence-corrected chi connectivity index (χ1v) is 7.30. The van der Waals surface area contributed by atoms with Gasteiger partial charge in [0.15, 0.2) is 0 Å². The van der Waals surface area contributed by atoms with E-state index in [2.05, 4.69) is 21.9 Å². The van der Waals surface area contributed by atoms with Gasteiger partial charge in [-0.3, -0.25) is 4.90 Å². The van der Waals surface area contributed by atoms with Crippen LogP contribution in [0.2, 0.25) is 0 Å². The Morgan fingerprint density at radius 2 is 1.87 bits per heavy atom. The number of hydrogen-bond acceptors (Lipinski definition) is 3. The lowest BCUT2D eigenvalue weighted by molar-refractivity contribution is -0.274. The van der Waals surface area contributed by atoms with E-state index < -0.39 is 6.36 Å². The molecular formula is C15H23Cl2F3N2O. The van der Waals surface area contributed by atoms with Crippen molar-refractivity contribution in [3.8, 4) is 5.75 Å². The molecule has 1 aliphatic rings. The molecule has 1 aromatic carbocycles. The fourth-order valence-corrected chi connectivity index (χ4v) is 2.75. The quantitative estimate of drug-likeness (QED) is 0.836. The highest BCUT2D eigenvalue weighted by atomic mass is 35.5. The van der Waals surface area contributed by atoms with E-state index >= 15 is 0 Å². The van der Waals surface area contributed by atoms with Gasteiger partial charge in [0, 0.05) is 32.2 Å². The lowest BCUT2D eigenvalue weighted by Crippen LogP contribution is -2.45. The van der Waals surface area contributed by atoms with Crippen LogP contribution >= 0.6 is 24.8 Å². The molecule has 1 heterocycles. The van der Waals surface area contributed by atoms with E-state index in [1.807, 2.05) is 6.07 Å². The fourth-order valence-electron chi connectivity index (χ4n) is 2.75. The third-order valence-corrected chi connectivity index (χ3v) is 3.63. The van der Waals surface area contributed by atoms with Crippen LogP contribution in [-0.2, 0) is 0 Å². The molecule has 1 aliphatic heterocycles. The van der Waals surface area contributed by atoms with Crippen molar-refractivity contribution in [2.75, 3.05) is 26.2 Å². The summed E-state index contributed by atoms with van der Waals surface area (Å²) in [7, 11) is 0. The molecule has 0 amide bonds. The molecule has 0 spiro atoms. The van der Waals surface area contributed by atoms with E-state index in [0.29, 0.717) is 0 Å². The predicted molar refractivity (Wildman–Crippen MR) is 89.7 cm³/mol. The number of alkyl halides is 3. The van der Waals surface area contributed by atoms with Crippen molar-refractivity contribution in [1.82, 2.24) is 10.2 Å². The third kappa shape index (κ3) is 7.16. The highest BCUT2D eigenvalue weighted by Crippen LogP contribution is 2.30. The molecule has 2 rings (SSSR count). The van der Waals surface area contributed by atoms with Crippen LogP contribution in [0.15, 0.2) is 24.3 Å². The van der Waals surface area contributed by atoms with Crippen LogP contribution in [-0.4, -0.2) is 37.4 Å². The van der Waals surface area contributed by atoms with Gasteiger partial charge in [-0.1, -0.05) is 25.5 Å². The molecule has 8 heteroatoms. The minimum atomic E-state index is -4.64. The average molecular weight is 375 g/mol. The van der Waals surface area contributed by atoms with E-state index in [1.165, 1.54) is 12.1 Å². The molecule has 1 aromatic rings. The van der Waals surface area contributed by atoms with Crippen molar-refractivity contribution in [2.45, 2.75) is 32.2 Å². The van der Waals surface area contributed by atoms with Gasteiger partial charge in [-0.05, 0) is 24.1 Å². The summed E-state index contributed by atoms with van der Waals surface area (Å²) in [6.07, 6.45) is -2.73. The van der Waals surface area contributed by atoms with Crippen molar-refractivity contribution in [2.24, 2.45) is 0 Å². The summed E-state index contributed by atoms with van der Waals surface area (Å²) in [5.74, 6) is -0.142. The zero-order chi connectivity index (χ0) is 15.3. The second-order valence-corrected chi connectivity index (χ2v) is 5.21. The highest BCUT2D eigenvalue weighted by molar-refractivity contribution is 5.85. The highest BCUT2D eigenvalue weighted by Gasteiger charge is 2.31. The second-order valence-electron chi connectivity index (χ2n) is 5.21. The lowest BCUT2D eigenvalue weighted by Gasteiger charge is -2.35. The van der Waals surface area contributed by atoms with Crippen LogP contribution in [0.1, 0.15) is 31.4 Å².